The van der Waals surface area contributed by atoms with Gasteiger partial charge in [0.1, 0.15) is 0 Å². The smallest absolute Gasteiger partial charge is 0.00440 e. The van der Waals surface area contributed by atoms with Gasteiger partial charge in [0.2, 0.25) is 0 Å². The van der Waals surface area contributed by atoms with Crippen molar-refractivity contribution in [1.82, 2.24) is 5.32 Å². The highest BCUT2D eigenvalue weighted by Gasteiger charge is 2.23. The molecule has 0 saturated heterocycles. The van der Waals surface area contributed by atoms with Crippen LogP contribution in [0.4, 0.5) is 0 Å². The quantitative estimate of drug-likeness (QED) is 0.796. The highest BCUT2D eigenvalue weighted by Crippen LogP contribution is 2.29. The van der Waals surface area contributed by atoms with E-state index in [1.165, 1.54) is 17.5 Å². The van der Waals surface area contributed by atoms with Gasteiger partial charge in [-0.2, -0.15) is 0 Å². The molecule has 18 heavy (non-hydrogen) atoms. The standard InChI is InChI=1S/C17H29N/c1-13(2)10-15-8-7-9-16(11-15)17(4,5)12-14(3)18-6/h7-9,11,13-14,18H,10,12H2,1-6H3. The Hall–Kier alpha value is -0.820. The lowest BCUT2D eigenvalue weighted by atomic mass is 9.78. The van der Waals surface area contributed by atoms with Crippen molar-refractivity contribution in [3.8, 4) is 0 Å². The van der Waals surface area contributed by atoms with E-state index < -0.39 is 0 Å². The highest BCUT2D eigenvalue weighted by molar-refractivity contribution is 5.29. The molecular formula is C17H29N. The largest absolute Gasteiger partial charge is 0.317 e. The molecular weight excluding hydrogens is 218 g/mol. The molecule has 0 radical (unpaired) electrons. The number of hydrogen-bond acceptors (Lipinski definition) is 1. The molecule has 0 aliphatic heterocycles. The summed E-state index contributed by atoms with van der Waals surface area (Å²) in [6.45, 7) is 11.5. The predicted octanol–water partition coefficient (Wildman–Crippen LogP) is 4.16. The molecule has 1 unspecified atom stereocenters. The topological polar surface area (TPSA) is 12.0 Å². The van der Waals surface area contributed by atoms with Gasteiger partial charge in [-0.1, -0.05) is 52.0 Å². The van der Waals surface area contributed by atoms with Gasteiger partial charge in [-0.25, -0.2) is 0 Å². The molecule has 0 fully saturated rings. The van der Waals surface area contributed by atoms with Gasteiger partial charge in [0.15, 0.2) is 0 Å². The summed E-state index contributed by atoms with van der Waals surface area (Å²) < 4.78 is 0. The first-order chi connectivity index (χ1) is 8.35. The number of hydrogen-bond donors (Lipinski definition) is 1. The fourth-order valence-electron chi connectivity index (χ4n) is 2.58. The highest BCUT2D eigenvalue weighted by atomic mass is 14.9. The lowest BCUT2D eigenvalue weighted by Crippen LogP contribution is -2.30. The fourth-order valence-corrected chi connectivity index (χ4v) is 2.58. The lowest BCUT2D eigenvalue weighted by molar-refractivity contribution is 0.405. The summed E-state index contributed by atoms with van der Waals surface area (Å²) in [5.41, 5.74) is 3.16. The van der Waals surface area contributed by atoms with Gasteiger partial charge in [0.05, 0.1) is 0 Å². The van der Waals surface area contributed by atoms with Gasteiger partial charge in [0, 0.05) is 6.04 Å². The maximum Gasteiger partial charge on any atom is 0.00440 e. The third-order valence-electron chi connectivity index (χ3n) is 3.66. The zero-order valence-electron chi connectivity index (χ0n) is 12.9. The summed E-state index contributed by atoms with van der Waals surface area (Å²) in [6, 6.07) is 9.67. The first kappa shape index (κ1) is 15.2. The van der Waals surface area contributed by atoms with Crippen molar-refractivity contribution < 1.29 is 0 Å². The summed E-state index contributed by atoms with van der Waals surface area (Å²) in [5.74, 6) is 0.722. The zero-order chi connectivity index (χ0) is 13.8. The van der Waals surface area contributed by atoms with E-state index in [1.54, 1.807) is 0 Å². The summed E-state index contributed by atoms with van der Waals surface area (Å²) in [4.78, 5) is 0. The Morgan fingerprint density at radius 3 is 2.39 bits per heavy atom. The van der Waals surface area contributed by atoms with Crippen LogP contribution in [0.15, 0.2) is 24.3 Å². The van der Waals surface area contributed by atoms with E-state index in [-0.39, 0.29) is 5.41 Å². The van der Waals surface area contributed by atoms with Crippen molar-refractivity contribution in [3.63, 3.8) is 0 Å². The van der Waals surface area contributed by atoms with E-state index in [1.807, 2.05) is 7.05 Å². The van der Waals surface area contributed by atoms with Crippen LogP contribution in [0.1, 0.15) is 52.2 Å². The third kappa shape index (κ3) is 4.45. The van der Waals surface area contributed by atoms with Crippen LogP contribution in [0.5, 0.6) is 0 Å². The van der Waals surface area contributed by atoms with Gasteiger partial charge in [0.25, 0.3) is 0 Å². The summed E-state index contributed by atoms with van der Waals surface area (Å²) in [6.07, 6.45) is 2.33. The van der Waals surface area contributed by atoms with E-state index >= 15 is 0 Å². The van der Waals surface area contributed by atoms with Crippen LogP contribution in [-0.4, -0.2) is 13.1 Å². The van der Waals surface area contributed by atoms with Gasteiger partial charge < -0.3 is 5.32 Å². The first-order valence-corrected chi connectivity index (χ1v) is 7.12. The van der Waals surface area contributed by atoms with Gasteiger partial charge in [-0.15, -0.1) is 0 Å². The molecule has 0 saturated carbocycles. The molecule has 0 aliphatic carbocycles. The maximum atomic E-state index is 3.34. The van der Waals surface area contributed by atoms with Crippen molar-refractivity contribution in [1.29, 1.82) is 0 Å². The van der Waals surface area contributed by atoms with E-state index in [2.05, 4.69) is 64.2 Å². The van der Waals surface area contributed by atoms with Crippen molar-refractivity contribution in [2.24, 2.45) is 5.92 Å². The van der Waals surface area contributed by atoms with E-state index in [0.29, 0.717) is 6.04 Å². The SMILES string of the molecule is CNC(C)CC(C)(C)c1cccc(CC(C)C)c1. The normalized spacial score (nSPS) is 13.9. The van der Waals surface area contributed by atoms with Crippen molar-refractivity contribution in [2.45, 2.75) is 58.9 Å². The van der Waals surface area contributed by atoms with Crippen molar-refractivity contribution in [3.05, 3.63) is 35.4 Å². The lowest BCUT2D eigenvalue weighted by Gasteiger charge is -2.29. The summed E-state index contributed by atoms with van der Waals surface area (Å²) in [7, 11) is 2.04. The molecule has 1 aromatic carbocycles. The molecule has 102 valence electrons. The Labute approximate surface area is 113 Å². The van der Waals surface area contributed by atoms with Crippen LogP contribution in [0, 0.1) is 5.92 Å². The minimum absolute atomic E-state index is 0.232. The molecule has 1 atom stereocenters. The van der Waals surface area contributed by atoms with Crippen LogP contribution in [0.2, 0.25) is 0 Å². The molecule has 0 heterocycles. The first-order valence-electron chi connectivity index (χ1n) is 7.12. The second kappa shape index (κ2) is 6.38. The average molecular weight is 247 g/mol. The molecule has 1 nitrogen and oxygen atoms in total. The van der Waals surface area contributed by atoms with Crippen molar-refractivity contribution >= 4 is 0 Å². The Morgan fingerprint density at radius 1 is 1.17 bits per heavy atom. The van der Waals surface area contributed by atoms with E-state index in [9.17, 15) is 0 Å². The van der Waals surface area contributed by atoms with Gasteiger partial charge >= 0.3 is 0 Å². The molecule has 0 amide bonds. The second-order valence-electron chi connectivity index (χ2n) is 6.58. The molecule has 1 rings (SSSR count). The molecule has 1 heteroatoms. The second-order valence-corrected chi connectivity index (χ2v) is 6.58. The zero-order valence-corrected chi connectivity index (χ0v) is 12.9. The minimum atomic E-state index is 0.232. The molecule has 0 spiro atoms. The van der Waals surface area contributed by atoms with Crippen molar-refractivity contribution in [2.75, 3.05) is 7.05 Å². The summed E-state index contributed by atoms with van der Waals surface area (Å²) >= 11 is 0. The van der Waals surface area contributed by atoms with Crippen LogP contribution in [-0.2, 0) is 11.8 Å². The molecule has 1 N–H and O–H groups in total. The third-order valence-corrected chi connectivity index (χ3v) is 3.66. The number of benzene rings is 1. The number of nitrogens with one attached hydrogen (secondary N) is 1. The van der Waals surface area contributed by atoms with Gasteiger partial charge in [-0.05, 0) is 49.3 Å². The Kier molecular flexibility index (Phi) is 5.40. The molecule has 0 aromatic heterocycles. The minimum Gasteiger partial charge on any atom is -0.317 e. The van der Waals surface area contributed by atoms with Crippen LogP contribution < -0.4 is 5.32 Å². The van der Waals surface area contributed by atoms with E-state index in [0.717, 1.165) is 12.3 Å². The number of rotatable bonds is 6. The van der Waals surface area contributed by atoms with Gasteiger partial charge in [-0.3, -0.25) is 0 Å². The fraction of sp³-hybridized carbons (Fsp3) is 0.647. The van der Waals surface area contributed by atoms with E-state index in [4.69, 9.17) is 0 Å². The summed E-state index contributed by atoms with van der Waals surface area (Å²) in [5, 5.41) is 3.34. The molecule has 0 bridgehead atoms. The van der Waals surface area contributed by atoms with Crippen LogP contribution in [0.25, 0.3) is 0 Å². The van der Waals surface area contributed by atoms with Crippen LogP contribution >= 0.6 is 0 Å². The Morgan fingerprint density at radius 2 is 1.83 bits per heavy atom. The Bertz CT molecular complexity index is 366. The monoisotopic (exact) mass is 247 g/mol. The Balaban J connectivity index is 2.87. The predicted molar refractivity (Wildman–Crippen MR) is 81.1 cm³/mol. The maximum absolute atomic E-state index is 3.34. The molecule has 0 aliphatic rings. The van der Waals surface area contributed by atoms with Crippen LogP contribution in [0.3, 0.4) is 0 Å². The average Bonchev–Trinajstić information content (AvgIpc) is 2.27. The molecule has 1 aromatic rings.